The molecule has 1 N–H and O–H groups in total. The van der Waals surface area contributed by atoms with E-state index in [1.807, 2.05) is 6.07 Å². The molecular weight excluding hydrogens is 250 g/mol. The molecule has 3 heteroatoms. The Morgan fingerprint density at radius 1 is 1.15 bits per heavy atom. The van der Waals surface area contributed by atoms with E-state index in [1.54, 1.807) is 0 Å². The molecule has 0 aromatic heterocycles. The number of rotatable bonds is 8. The first-order valence-electron chi connectivity index (χ1n) is 7.54. The van der Waals surface area contributed by atoms with Crippen molar-refractivity contribution in [1.29, 1.82) is 0 Å². The molecule has 0 saturated carbocycles. The molecule has 0 aliphatic heterocycles. The SMILES string of the molecule is Cc1cc(OCCN(CCO)C(C)C)ccc1C(C)C. The zero-order valence-corrected chi connectivity index (χ0v) is 13.5. The third-order valence-corrected chi connectivity index (χ3v) is 3.63. The minimum Gasteiger partial charge on any atom is -0.492 e. The van der Waals surface area contributed by atoms with E-state index < -0.39 is 0 Å². The Morgan fingerprint density at radius 2 is 1.85 bits per heavy atom. The van der Waals surface area contributed by atoms with E-state index in [0.29, 0.717) is 25.1 Å². The third-order valence-electron chi connectivity index (χ3n) is 3.63. The molecule has 0 saturated heterocycles. The second kappa shape index (κ2) is 8.28. The van der Waals surface area contributed by atoms with Crippen molar-refractivity contribution in [2.24, 2.45) is 0 Å². The Kier molecular flexibility index (Phi) is 7.03. The molecule has 3 nitrogen and oxygen atoms in total. The van der Waals surface area contributed by atoms with Crippen LogP contribution >= 0.6 is 0 Å². The van der Waals surface area contributed by atoms with Crippen molar-refractivity contribution in [2.75, 3.05) is 26.3 Å². The van der Waals surface area contributed by atoms with Gasteiger partial charge in [0.05, 0.1) is 6.61 Å². The lowest BCUT2D eigenvalue weighted by atomic mass is 9.98. The van der Waals surface area contributed by atoms with E-state index >= 15 is 0 Å². The maximum absolute atomic E-state index is 9.04. The van der Waals surface area contributed by atoms with Gasteiger partial charge in [0.1, 0.15) is 12.4 Å². The Bertz CT molecular complexity index is 402. The number of hydrogen-bond donors (Lipinski definition) is 1. The lowest BCUT2D eigenvalue weighted by molar-refractivity contribution is 0.141. The van der Waals surface area contributed by atoms with Gasteiger partial charge in [0.25, 0.3) is 0 Å². The third kappa shape index (κ3) is 5.14. The first kappa shape index (κ1) is 17.0. The van der Waals surface area contributed by atoms with Crippen molar-refractivity contribution in [2.45, 2.75) is 46.6 Å². The van der Waals surface area contributed by atoms with Crippen LogP contribution in [-0.4, -0.2) is 42.4 Å². The summed E-state index contributed by atoms with van der Waals surface area (Å²) in [4.78, 5) is 2.22. The standard InChI is InChI=1S/C17H29NO2/c1-13(2)17-7-6-16(12-15(17)5)20-11-9-18(8-10-19)14(3)4/h6-7,12-14,19H,8-11H2,1-5H3. The fraction of sp³-hybridized carbons (Fsp3) is 0.647. The molecule has 0 aliphatic rings. The van der Waals surface area contributed by atoms with Gasteiger partial charge in [-0.25, -0.2) is 0 Å². The Hall–Kier alpha value is -1.06. The van der Waals surface area contributed by atoms with Crippen molar-refractivity contribution < 1.29 is 9.84 Å². The zero-order chi connectivity index (χ0) is 15.1. The smallest absolute Gasteiger partial charge is 0.119 e. The number of benzene rings is 1. The number of aryl methyl sites for hydroxylation is 1. The zero-order valence-electron chi connectivity index (χ0n) is 13.5. The summed E-state index contributed by atoms with van der Waals surface area (Å²) in [6, 6.07) is 6.74. The predicted molar refractivity (Wildman–Crippen MR) is 84.6 cm³/mol. The molecule has 0 aliphatic carbocycles. The summed E-state index contributed by atoms with van der Waals surface area (Å²) in [6.07, 6.45) is 0. The van der Waals surface area contributed by atoms with Crippen LogP contribution in [-0.2, 0) is 0 Å². The van der Waals surface area contributed by atoms with Crippen molar-refractivity contribution in [1.82, 2.24) is 4.90 Å². The molecule has 20 heavy (non-hydrogen) atoms. The molecule has 0 fully saturated rings. The van der Waals surface area contributed by atoms with Crippen LogP contribution in [0.1, 0.15) is 44.7 Å². The van der Waals surface area contributed by atoms with Gasteiger partial charge in [-0.05, 0) is 49.9 Å². The van der Waals surface area contributed by atoms with Crippen LogP contribution in [0.3, 0.4) is 0 Å². The second-order valence-corrected chi connectivity index (χ2v) is 5.87. The van der Waals surface area contributed by atoms with Gasteiger partial charge in [-0.1, -0.05) is 19.9 Å². The van der Waals surface area contributed by atoms with Crippen LogP contribution in [0.5, 0.6) is 5.75 Å². The second-order valence-electron chi connectivity index (χ2n) is 5.87. The summed E-state index contributed by atoms with van der Waals surface area (Å²) in [5, 5.41) is 9.04. The molecule has 0 radical (unpaired) electrons. The fourth-order valence-corrected chi connectivity index (χ4v) is 2.42. The number of ether oxygens (including phenoxy) is 1. The molecule has 1 aromatic rings. The topological polar surface area (TPSA) is 32.7 Å². The molecule has 0 spiro atoms. The molecule has 1 rings (SSSR count). The fourth-order valence-electron chi connectivity index (χ4n) is 2.42. The van der Waals surface area contributed by atoms with Gasteiger partial charge in [-0.3, -0.25) is 4.90 Å². The summed E-state index contributed by atoms with van der Waals surface area (Å²) >= 11 is 0. The van der Waals surface area contributed by atoms with Gasteiger partial charge in [0.2, 0.25) is 0 Å². The van der Waals surface area contributed by atoms with Gasteiger partial charge in [-0.2, -0.15) is 0 Å². The summed E-state index contributed by atoms with van der Waals surface area (Å²) in [5.41, 5.74) is 2.66. The van der Waals surface area contributed by atoms with Crippen LogP contribution in [0, 0.1) is 6.92 Å². The molecule has 0 unspecified atom stereocenters. The summed E-state index contributed by atoms with van der Waals surface area (Å²) in [5.74, 6) is 1.48. The van der Waals surface area contributed by atoms with E-state index in [2.05, 4.69) is 51.7 Å². The maximum atomic E-state index is 9.04. The van der Waals surface area contributed by atoms with E-state index in [4.69, 9.17) is 9.84 Å². The summed E-state index contributed by atoms with van der Waals surface area (Å²) in [6.45, 7) is 13.2. The van der Waals surface area contributed by atoms with Crippen LogP contribution in [0.2, 0.25) is 0 Å². The molecule has 0 bridgehead atoms. The van der Waals surface area contributed by atoms with Crippen LogP contribution in [0.15, 0.2) is 18.2 Å². The highest BCUT2D eigenvalue weighted by Gasteiger charge is 2.09. The van der Waals surface area contributed by atoms with Crippen molar-refractivity contribution >= 4 is 0 Å². The minimum absolute atomic E-state index is 0.195. The van der Waals surface area contributed by atoms with Gasteiger partial charge in [0, 0.05) is 19.1 Å². The predicted octanol–water partition coefficient (Wildman–Crippen LogP) is 3.20. The van der Waals surface area contributed by atoms with E-state index in [9.17, 15) is 0 Å². The van der Waals surface area contributed by atoms with E-state index in [-0.39, 0.29) is 6.61 Å². The highest BCUT2D eigenvalue weighted by atomic mass is 16.5. The molecule has 114 valence electrons. The normalized spacial score (nSPS) is 11.7. The average Bonchev–Trinajstić information content (AvgIpc) is 2.37. The average molecular weight is 279 g/mol. The lowest BCUT2D eigenvalue weighted by Crippen LogP contribution is -2.36. The van der Waals surface area contributed by atoms with E-state index in [0.717, 1.165) is 12.3 Å². The van der Waals surface area contributed by atoms with Crippen LogP contribution < -0.4 is 4.74 Å². The van der Waals surface area contributed by atoms with Crippen molar-refractivity contribution in [3.05, 3.63) is 29.3 Å². The monoisotopic (exact) mass is 279 g/mol. The maximum Gasteiger partial charge on any atom is 0.119 e. The highest BCUT2D eigenvalue weighted by molar-refractivity contribution is 5.36. The van der Waals surface area contributed by atoms with Crippen molar-refractivity contribution in [3.8, 4) is 5.75 Å². The largest absolute Gasteiger partial charge is 0.492 e. The van der Waals surface area contributed by atoms with Gasteiger partial charge in [-0.15, -0.1) is 0 Å². The Balaban J connectivity index is 2.51. The van der Waals surface area contributed by atoms with Gasteiger partial charge < -0.3 is 9.84 Å². The highest BCUT2D eigenvalue weighted by Crippen LogP contribution is 2.23. The van der Waals surface area contributed by atoms with Crippen LogP contribution in [0.4, 0.5) is 0 Å². The first-order chi connectivity index (χ1) is 9.45. The number of hydrogen-bond acceptors (Lipinski definition) is 3. The first-order valence-corrected chi connectivity index (χ1v) is 7.54. The number of nitrogens with zero attached hydrogens (tertiary/aromatic N) is 1. The minimum atomic E-state index is 0.195. The Labute approximate surface area is 123 Å². The molecule has 0 atom stereocenters. The van der Waals surface area contributed by atoms with Gasteiger partial charge in [0.15, 0.2) is 0 Å². The quantitative estimate of drug-likeness (QED) is 0.793. The number of aliphatic hydroxyl groups is 1. The molecular formula is C17H29NO2. The lowest BCUT2D eigenvalue weighted by Gasteiger charge is -2.25. The Morgan fingerprint density at radius 3 is 2.35 bits per heavy atom. The van der Waals surface area contributed by atoms with Crippen LogP contribution in [0.25, 0.3) is 0 Å². The number of aliphatic hydroxyl groups excluding tert-OH is 1. The molecule has 1 aromatic carbocycles. The van der Waals surface area contributed by atoms with Crippen molar-refractivity contribution in [3.63, 3.8) is 0 Å². The van der Waals surface area contributed by atoms with Gasteiger partial charge >= 0.3 is 0 Å². The summed E-state index contributed by atoms with van der Waals surface area (Å²) in [7, 11) is 0. The van der Waals surface area contributed by atoms with E-state index in [1.165, 1.54) is 11.1 Å². The molecule has 0 heterocycles. The molecule has 0 amide bonds. The summed E-state index contributed by atoms with van der Waals surface area (Å²) < 4.78 is 5.83.